The van der Waals surface area contributed by atoms with Gasteiger partial charge in [-0.15, -0.1) is 0 Å². The maximum absolute atomic E-state index is 13.7. The molecule has 0 aliphatic rings. The van der Waals surface area contributed by atoms with Gasteiger partial charge in [-0.3, -0.25) is 10.7 Å². The normalized spacial score (nSPS) is 10.9. The number of guanidine groups is 1. The average Bonchev–Trinajstić information content (AvgIpc) is 2.20. The van der Waals surface area contributed by atoms with E-state index in [4.69, 9.17) is 17.0 Å². The van der Waals surface area contributed by atoms with E-state index in [9.17, 15) is 9.18 Å². The molecule has 1 aromatic rings. The van der Waals surface area contributed by atoms with Crippen LogP contribution in [0.25, 0.3) is 0 Å². The Morgan fingerprint density at radius 3 is 2.45 bits per heavy atom. The van der Waals surface area contributed by atoms with E-state index in [0.717, 1.165) is 0 Å². The van der Waals surface area contributed by atoms with E-state index in [1.165, 1.54) is 6.07 Å². The summed E-state index contributed by atoms with van der Waals surface area (Å²) in [6.45, 7) is 7.12. The maximum Gasteiger partial charge on any atom is 0.321 e. The summed E-state index contributed by atoms with van der Waals surface area (Å²) in [6.07, 6.45) is 0. The quantitative estimate of drug-likeness (QED) is 0.475. The highest BCUT2D eigenvalue weighted by Gasteiger charge is 2.16. The van der Waals surface area contributed by atoms with Crippen molar-refractivity contribution < 1.29 is 9.18 Å². The standard InChI is InChI=1S/C13H18ClFN4O/c1-7-5-8(14)10(9(15)6-7)17-11(16)18-12(20)19-13(2,3)4/h5-6H,1-4H3,(H4,16,17,18,19,20). The molecule has 7 heteroatoms. The van der Waals surface area contributed by atoms with Gasteiger partial charge in [0.05, 0.1) is 10.7 Å². The van der Waals surface area contributed by atoms with Crippen LogP contribution in [-0.2, 0) is 0 Å². The van der Waals surface area contributed by atoms with Gasteiger partial charge in [0.15, 0.2) is 0 Å². The van der Waals surface area contributed by atoms with E-state index in [1.807, 2.05) is 0 Å². The Morgan fingerprint density at radius 2 is 1.95 bits per heavy atom. The maximum atomic E-state index is 13.7. The average molecular weight is 301 g/mol. The lowest BCUT2D eigenvalue weighted by atomic mass is 10.1. The van der Waals surface area contributed by atoms with Gasteiger partial charge >= 0.3 is 6.03 Å². The molecular formula is C13H18ClFN4O. The lowest BCUT2D eigenvalue weighted by Crippen LogP contribution is -2.49. The smallest absolute Gasteiger partial charge is 0.321 e. The van der Waals surface area contributed by atoms with Gasteiger partial charge in [0.1, 0.15) is 5.82 Å². The van der Waals surface area contributed by atoms with Crippen molar-refractivity contribution in [2.75, 3.05) is 5.32 Å². The van der Waals surface area contributed by atoms with E-state index in [1.54, 1.807) is 33.8 Å². The highest BCUT2D eigenvalue weighted by Crippen LogP contribution is 2.26. The van der Waals surface area contributed by atoms with Crippen molar-refractivity contribution in [1.82, 2.24) is 10.6 Å². The predicted octanol–water partition coefficient (Wildman–Crippen LogP) is 3.23. The van der Waals surface area contributed by atoms with Crippen molar-refractivity contribution in [3.8, 4) is 0 Å². The van der Waals surface area contributed by atoms with Crippen molar-refractivity contribution in [3.05, 3.63) is 28.5 Å². The third kappa shape index (κ3) is 5.05. The number of aryl methyl sites for hydroxylation is 1. The number of hydrogen-bond acceptors (Lipinski definition) is 2. The van der Waals surface area contributed by atoms with Crippen LogP contribution < -0.4 is 16.0 Å². The first-order valence-electron chi connectivity index (χ1n) is 5.99. The van der Waals surface area contributed by atoms with Crippen molar-refractivity contribution in [2.45, 2.75) is 33.2 Å². The minimum atomic E-state index is -0.585. The van der Waals surface area contributed by atoms with Gasteiger partial charge in [0, 0.05) is 5.54 Å². The molecule has 1 rings (SSSR count). The molecule has 2 amide bonds. The number of carbonyl (C=O) groups excluding carboxylic acids is 1. The molecule has 0 saturated carbocycles. The number of carbonyl (C=O) groups is 1. The van der Waals surface area contributed by atoms with Crippen LogP contribution in [0.1, 0.15) is 26.3 Å². The summed E-state index contributed by atoms with van der Waals surface area (Å²) in [6, 6.07) is 2.30. The van der Waals surface area contributed by atoms with Crippen LogP contribution in [0, 0.1) is 18.2 Å². The molecule has 4 N–H and O–H groups in total. The molecule has 0 aromatic heterocycles. The van der Waals surface area contributed by atoms with Crippen molar-refractivity contribution >= 4 is 29.3 Å². The Labute approximate surface area is 122 Å². The molecule has 0 aliphatic heterocycles. The van der Waals surface area contributed by atoms with Gasteiger partial charge in [0.25, 0.3) is 0 Å². The van der Waals surface area contributed by atoms with Crippen LogP contribution in [0.15, 0.2) is 12.1 Å². The van der Waals surface area contributed by atoms with E-state index < -0.39 is 17.4 Å². The van der Waals surface area contributed by atoms with Crippen LogP contribution in [0.5, 0.6) is 0 Å². The molecule has 0 bridgehead atoms. The van der Waals surface area contributed by atoms with Crippen molar-refractivity contribution in [2.24, 2.45) is 0 Å². The first-order chi connectivity index (χ1) is 9.08. The third-order valence-corrected chi connectivity index (χ3v) is 2.46. The molecule has 0 heterocycles. The Bertz CT molecular complexity index is 517. The van der Waals surface area contributed by atoms with E-state index >= 15 is 0 Å². The Morgan fingerprint density at radius 1 is 1.35 bits per heavy atom. The van der Waals surface area contributed by atoms with Gasteiger partial charge in [-0.25, -0.2) is 9.18 Å². The van der Waals surface area contributed by atoms with Gasteiger partial charge < -0.3 is 10.6 Å². The minimum Gasteiger partial charge on any atom is -0.333 e. The van der Waals surface area contributed by atoms with Crippen LogP contribution in [0.3, 0.4) is 0 Å². The summed E-state index contributed by atoms with van der Waals surface area (Å²) in [7, 11) is 0. The molecule has 110 valence electrons. The molecule has 0 radical (unpaired) electrons. The van der Waals surface area contributed by atoms with Crippen molar-refractivity contribution in [1.29, 1.82) is 5.41 Å². The Balaban J connectivity index is 2.70. The second-order valence-corrected chi connectivity index (χ2v) is 5.84. The summed E-state index contributed by atoms with van der Waals surface area (Å²) in [5.74, 6) is -0.950. The fourth-order valence-corrected chi connectivity index (χ4v) is 1.77. The Hall–Kier alpha value is -1.82. The number of nitrogens with one attached hydrogen (secondary N) is 4. The number of halogens is 2. The lowest BCUT2D eigenvalue weighted by Gasteiger charge is -2.21. The molecule has 0 aliphatic carbocycles. The molecule has 0 saturated heterocycles. The predicted molar refractivity (Wildman–Crippen MR) is 78.9 cm³/mol. The number of hydrogen-bond donors (Lipinski definition) is 4. The van der Waals surface area contributed by atoms with E-state index in [2.05, 4.69) is 16.0 Å². The summed E-state index contributed by atoms with van der Waals surface area (Å²) >= 11 is 5.89. The second kappa shape index (κ2) is 6.09. The number of rotatable bonds is 1. The molecular weight excluding hydrogens is 283 g/mol. The van der Waals surface area contributed by atoms with Crippen LogP contribution in [0.2, 0.25) is 5.02 Å². The fraction of sp³-hybridized carbons (Fsp3) is 0.385. The third-order valence-electron chi connectivity index (χ3n) is 2.16. The highest BCUT2D eigenvalue weighted by molar-refractivity contribution is 6.33. The summed E-state index contributed by atoms with van der Waals surface area (Å²) in [5, 5.41) is 15.0. The topological polar surface area (TPSA) is 77.0 Å². The van der Waals surface area contributed by atoms with Crippen LogP contribution in [0.4, 0.5) is 14.9 Å². The van der Waals surface area contributed by atoms with Gasteiger partial charge in [0.2, 0.25) is 5.96 Å². The van der Waals surface area contributed by atoms with Gasteiger partial charge in [-0.05, 0) is 45.4 Å². The lowest BCUT2D eigenvalue weighted by molar-refractivity contribution is 0.236. The summed E-state index contributed by atoms with van der Waals surface area (Å²) in [4.78, 5) is 11.6. The first-order valence-corrected chi connectivity index (χ1v) is 6.36. The monoisotopic (exact) mass is 300 g/mol. The number of amides is 2. The van der Waals surface area contributed by atoms with E-state index in [-0.39, 0.29) is 16.7 Å². The minimum absolute atomic E-state index is 0.0432. The zero-order valence-electron chi connectivity index (χ0n) is 11.8. The largest absolute Gasteiger partial charge is 0.333 e. The number of benzene rings is 1. The summed E-state index contributed by atoms with van der Waals surface area (Å²) < 4.78 is 13.7. The van der Waals surface area contributed by atoms with Gasteiger partial charge in [-0.2, -0.15) is 0 Å². The molecule has 0 spiro atoms. The molecule has 0 fully saturated rings. The second-order valence-electron chi connectivity index (χ2n) is 5.43. The highest BCUT2D eigenvalue weighted by atomic mass is 35.5. The van der Waals surface area contributed by atoms with Crippen LogP contribution in [-0.4, -0.2) is 17.5 Å². The summed E-state index contributed by atoms with van der Waals surface area (Å²) in [5.41, 5.74) is 0.193. The first kappa shape index (κ1) is 16.2. The van der Waals surface area contributed by atoms with Gasteiger partial charge in [-0.1, -0.05) is 11.6 Å². The molecule has 20 heavy (non-hydrogen) atoms. The SMILES string of the molecule is Cc1cc(F)c(NC(=N)NC(=O)NC(C)(C)C)c(Cl)c1. The van der Waals surface area contributed by atoms with E-state index in [0.29, 0.717) is 5.56 Å². The van der Waals surface area contributed by atoms with Crippen LogP contribution >= 0.6 is 11.6 Å². The molecule has 0 atom stereocenters. The van der Waals surface area contributed by atoms with Crippen molar-refractivity contribution in [3.63, 3.8) is 0 Å². The Kier molecular flexibility index (Phi) is 4.94. The molecule has 1 aromatic carbocycles. The fourth-order valence-electron chi connectivity index (χ4n) is 1.46. The molecule has 0 unspecified atom stereocenters. The zero-order chi connectivity index (χ0) is 15.5. The zero-order valence-corrected chi connectivity index (χ0v) is 12.6. The number of anilines is 1. The molecule has 5 nitrogen and oxygen atoms in total. The number of urea groups is 1.